The molecule has 1 rings (SSSR count). The fraction of sp³-hybridized carbons (Fsp3) is 0.909. The SMILES string of the molecule is CC(O)(CO)CNC(=O)CC1CCNCC1. The topological polar surface area (TPSA) is 81.6 Å². The molecule has 5 heteroatoms. The first-order valence-electron chi connectivity index (χ1n) is 5.84. The summed E-state index contributed by atoms with van der Waals surface area (Å²) in [4.78, 5) is 11.5. The molecule has 1 amide bonds. The number of hydrogen-bond acceptors (Lipinski definition) is 4. The van der Waals surface area contributed by atoms with Crippen LogP contribution < -0.4 is 10.6 Å². The van der Waals surface area contributed by atoms with Gasteiger partial charge >= 0.3 is 0 Å². The Hall–Kier alpha value is -0.650. The van der Waals surface area contributed by atoms with Crippen LogP contribution in [0.25, 0.3) is 0 Å². The van der Waals surface area contributed by atoms with E-state index in [2.05, 4.69) is 10.6 Å². The Kier molecular flexibility index (Phi) is 5.18. The lowest BCUT2D eigenvalue weighted by Crippen LogP contribution is -2.44. The second-order valence-corrected chi connectivity index (χ2v) is 4.83. The third-order valence-electron chi connectivity index (χ3n) is 2.94. The first-order valence-corrected chi connectivity index (χ1v) is 5.84. The van der Waals surface area contributed by atoms with Crippen LogP contribution in [0.1, 0.15) is 26.2 Å². The van der Waals surface area contributed by atoms with Crippen LogP contribution in [0.5, 0.6) is 0 Å². The van der Waals surface area contributed by atoms with Gasteiger partial charge < -0.3 is 20.8 Å². The molecule has 0 aromatic rings. The molecule has 94 valence electrons. The number of aliphatic hydroxyl groups is 2. The molecule has 5 nitrogen and oxygen atoms in total. The molecule has 0 saturated carbocycles. The normalized spacial score (nSPS) is 21.4. The molecule has 1 fully saturated rings. The average molecular weight is 230 g/mol. The molecular weight excluding hydrogens is 208 g/mol. The van der Waals surface area contributed by atoms with Crippen molar-refractivity contribution in [3.63, 3.8) is 0 Å². The van der Waals surface area contributed by atoms with E-state index in [1.807, 2.05) is 0 Å². The third kappa shape index (κ3) is 4.92. The summed E-state index contributed by atoms with van der Waals surface area (Å²) in [5.74, 6) is 0.404. The van der Waals surface area contributed by atoms with E-state index in [0.29, 0.717) is 12.3 Å². The van der Waals surface area contributed by atoms with Crippen molar-refractivity contribution in [2.24, 2.45) is 5.92 Å². The molecule has 0 aromatic heterocycles. The summed E-state index contributed by atoms with van der Waals surface area (Å²) >= 11 is 0. The quantitative estimate of drug-likeness (QED) is 0.500. The number of aliphatic hydroxyl groups excluding tert-OH is 1. The Morgan fingerprint density at radius 2 is 2.12 bits per heavy atom. The standard InChI is InChI=1S/C11H22N2O3/c1-11(16,8-14)7-13-10(15)6-9-2-4-12-5-3-9/h9,12,14,16H,2-8H2,1H3,(H,13,15). The summed E-state index contributed by atoms with van der Waals surface area (Å²) in [7, 11) is 0. The highest BCUT2D eigenvalue weighted by Gasteiger charge is 2.21. The lowest BCUT2D eigenvalue weighted by Gasteiger charge is -2.24. The van der Waals surface area contributed by atoms with Crippen molar-refractivity contribution in [3.8, 4) is 0 Å². The smallest absolute Gasteiger partial charge is 0.220 e. The van der Waals surface area contributed by atoms with Crippen LogP contribution in [0, 0.1) is 5.92 Å². The lowest BCUT2D eigenvalue weighted by molar-refractivity contribution is -0.123. The Bertz CT molecular complexity index is 225. The predicted molar refractivity (Wildman–Crippen MR) is 60.9 cm³/mol. The van der Waals surface area contributed by atoms with Gasteiger partial charge in [0.05, 0.1) is 6.61 Å². The summed E-state index contributed by atoms with van der Waals surface area (Å²) in [5, 5.41) is 24.2. The van der Waals surface area contributed by atoms with Crippen LogP contribution in [0.15, 0.2) is 0 Å². The van der Waals surface area contributed by atoms with Gasteiger partial charge in [0.2, 0.25) is 5.91 Å². The van der Waals surface area contributed by atoms with Gasteiger partial charge in [-0.15, -0.1) is 0 Å². The number of carbonyl (C=O) groups is 1. The van der Waals surface area contributed by atoms with E-state index < -0.39 is 5.60 Å². The maximum absolute atomic E-state index is 11.5. The van der Waals surface area contributed by atoms with E-state index in [-0.39, 0.29) is 19.1 Å². The van der Waals surface area contributed by atoms with Crippen molar-refractivity contribution in [2.75, 3.05) is 26.2 Å². The fourth-order valence-corrected chi connectivity index (χ4v) is 1.77. The maximum Gasteiger partial charge on any atom is 0.220 e. The average Bonchev–Trinajstić information content (AvgIpc) is 2.28. The van der Waals surface area contributed by atoms with Gasteiger partial charge in [0.25, 0.3) is 0 Å². The molecule has 16 heavy (non-hydrogen) atoms. The summed E-state index contributed by atoms with van der Waals surface area (Å²) in [5.41, 5.74) is -1.22. The van der Waals surface area contributed by atoms with Crippen molar-refractivity contribution >= 4 is 5.91 Å². The number of nitrogens with one attached hydrogen (secondary N) is 2. The van der Waals surface area contributed by atoms with Crippen LogP contribution in [0.3, 0.4) is 0 Å². The van der Waals surface area contributed by atoms with Gasteiger partial charge in [-0.3, -0.25) is 4.79 Å². The van der Waals surface area contributed by atoms with Crippen LogP contribution in [-0.4, -0.2) is 48.0 Å². The highest BCUT2D eigenvalue weighted by Crippen LogP contribution is 2.15. The number of piperidine rings is 1. The Balaban J connectivity index is 2.19. The zero-order valence-corrected chi connectivity index (χ0v) is 9.83. The van der Waals surface area contributed by atoms with Crippen molar-refractivity contribution in [3.05, 3.63) is 0 Å². The van der Waals surface area contributed by atoms with E-state index in [9.17, 15) is 9.90 Å². The predicted octanol–water partition coefficient (Wildman–Crippen LogP) is -0.764. The minimum Gasteiger partial charge on any atom is -0.393 e. The number of carbonyl (C=O) groups excluding carboxylic acids is 1. The van der Waals surface area contributed by atoms with E-state index >= 15 is 0 Å². The van der Waals surface area contributed by atoms with Gasteiger partial charge in [0.1, 0.15) is 5.60 Å². The summed E-state index contributed by atoms with van der Waals surface area (Å²) in [6.45, 7) is 3.21. The van der Waals surface area contributed by atoms with Gasteiger partial charge in [0, 0.05) is 13.0 Å². The largest absolute Gasteiger partial charge is 0.393 e. The minimum atomic E-state index is -1.22. The molecule has 1 saturated heterocycles. The summed E-state index contributed by atoms with van der Waals surface area (Å²) < 4.78 is 0. The minimum absolute atomic E-state index is 0.0411. The molecule has 1 unspecified atom stereocenters. The van der Waals surface area contributed by atoms with Gasteiger partial charge in [-0.2, -0.15) is 0 Å². The number of hydrogen-bond donors (Lipinski definition) is 4. The number of rotatable bonds is 5. The van der Waals surface area contributed by atoms with Crippen molar-refractivity contribution < 1.29 is 15.0 Å². The Morgan fingerprint density at radius 3 is 2.69 bits per heavy atom. The summed E-state index contributed by atoms with van der Waals surface area (Å²) in [6, 6.07) is 0. The summed E-state index contributed by atoms with van der Waals surface area (Å²) in [6.07, 6.45) is 2.58. The van der Waals surface area contributed by atoms with E-state index in [1.54, 1.807) is 0 Å². The molecule has 0 spiro atoms. The van der Waals surface area contributed by atoms with Gasteiger partial charge in [0.15, 0.2) is 0 Å². The number of amides is 1. The van der Waals surface area contributed by atoms with E-state index in [1.165, 1.54) is 6.92 Å². The van der Waals surface area contributed by atoms with Gasteiger partial charge in [-0.05, 0) is 38.8 Å². The molecule has 1 aliphatic heterocycles. The second kappa shape index (κ2) is 6.18. The maximum atomic E-state index is 11.5. The second-order valence-electron chi connectivity index (χ2n) is 4.83. The fourth-order valence-electron chi connectivity index (χ4n) is 1.77. The first kappa shape index (κ1) is 13.4. The van der Waals surface area contributed by atoms with Crippen LogP contribution >= 0.6 is 0 Å². The van der Waals surface area contributed by atoms with E-state index in [0.717, 1.165) is 25.9 Å². The van der Waals surface area contributed by atoms with Crippen molar-refractivity contribution in [1.29, 1.82) is 0 Å². The molecule has 1 atom stereocenters. The van der Waals surface area contributed by atoms with Crippen LogP contribution in [0.2, 0.25) is 0 Å². The zero-order chi connectivity index (χ0) is 12.0. The Morgan fingerprint density at radius 1 is 1.50 bits per heavy atom. The highest BCUT2D eigenvalue weighted by atomic mass is 16.3. The van der Waals surface area contributed by atoms with Crippen molar-refractivity contribution in [2.45, 2.75) is 31.8 Å². The highest BCUT2D eigenvalue weighted by molar-refractivity contribution is 5.76. The molecule has 0 bridgehead atoms. The van der Waals surface area contributed by atoms with Gasteiger partial charge in [-0.25, -0.2) is 0 Å². The molecule has 1 aliphatic rings. The van der Waals surface area contributed by atoms with Gasteiger partial charge in [-0.1, -0.05) is 0 Å². The monoisotopic (exact) mass is 230 g/mol. The zero-order valence-electron chi connectivity index (χ0n) is 9.83. The van der Waals surface area contributed by atoms with Crippen molar-refractivity contribution in [1.82, 2.24) is 10.6 Å². The molecule has 0 aromatic carbocycles. The molecule has 0 radical (unpaired) electrons. The van der Waals surface area contributed by atoms with E-state index in [4.69, 9.17) is 5.11 Å². The molecule has 4 N–H and O–H groups in total. The third-order valence-corrected chi connectivity index (χ3v) is 2.94. The molecule has 0 aliphatic carbocycles. The lowest BCUT2D eigenvalue weighted by atomic mass is 9.94. The first-order chi connectivity index (χ1) is 7.53. The molecule has 1 heterocycles. The van der Waals surface area contributed by atoms with Crippen LogP contribution in [0.4, 0.5) is 0 Å². The molecular formula is C11H22N2O3. The van der Waals surface area contributed by atoms with Crippen LogP contribution in [-0.2, 0) is 4.79 Å². The Labute approximate surface area is 96.2 Å².